The molecular weight excluding hydrogens is 338 g/mol. The van der Waals surface area contributed by atoms with E-state index in [1.807, 2.05) is 17.7 Å². The zero-order chi connectivity index (χ0) is 18.1. The molecular formula is C18H24ClN5O. The summed E-state index contributed by atoms with van der Waals surface area (Å²) in [6.07, 6.45) is 3.69. The van der Waals surface area contributed by atoms with Crippen molar-refractivity contribution in [1.82, 2.24) is 14.8 Å². The predicted molar refractivity (Wildman–Crippen MR) is 98.9 cm³/mol. The smallest absolute Gasteiger partial charge is 0.267 e. The fourth-order valence-corrected chi connectivity index (χ4v) is 3.89. The maximum absolute atomic E-state index is 11.4. The molecule has 1 aliphatic rings. The van der Waals surface area contributed by atoms with E-state index in [2.05, 4.69) is 28.8 Å². The highest BCUT2D eigenvalue weighted by Gasteiger charge is 2.32. The lowest BCUT2D eigenvalue weighted by Gasteiger charge is -2.27. The molecule has 2 aromatic rings. The zero-order valence-electron chi connectivity index (χ0n) is 14.9. The second-order valence-electron chi connectivity index (χ2n) is 6.98. The standard InChI is InChI=1S/C18H24ClN5O/c1-11(2)10-24-17(19)16(12(3)22-24)15-5-4-8-23(15)13-6-7-21-14(9-13)18(20)25/h6-7,9,11,15H,4-5,8,10H2,1-3H3,(H2,20,25). The first-order valence-electron chi connectivity index (χ1n) is 8.63. The van der Waals surface area contributed by atoms with Crippen LogP contribution in [0.2, 0.25) is 5.15 Å². The molecule has 3 heterocycles. The van der Waals surface area contributed by atoms with Crippen LogP contribution in [0, 0.1) is 12.8 Å². The molecule has 6 nitrogen and oxygen atoms in total. The Bertz CT molecular complexity index is 786. The van der Waals surface area contributed by atoms with Crippen molar-refractivity contribution in [3.8, 4) is 0 Å². The molecule has 7 heteroatoms. The van der Waals surface area contributed by atoms with Crippen molar-refractivity contribution < 1.29 is 4.79 Å². The van der Waals surface area contributed by atoms with Gasteiger partial charge in [0.2, 0.25) is 0 Å². The van der Waals surface area contributed by atoms with E-state index in [-0.39, 0.29) is 11.7 Å². The number of rotatable bonds is 5. The molecule has 25 heavy (non-hydrogen) atoms. The number of hydrogen-bond donors (Lipinski definition) is 1. The summed E-state index contributed by atoms with van der Waals surface area (Å²) in [5.74, 6) is -0.0424. The second-order valence-corrected chi connectivity index (χ2v) is 7.34. The van der Waals surface area contributed by atoms with Gasteiger partial charge in [0.05, 0.1) is 11.7 Å². The van der Waals surface area contributed by atoms with E-state index >= 15 is 0 Å². The molecule has 2 aromatic heterocycles. The number of nitrogens with zero attached hydrogens (tertiary/aromatic N) is 4. The van der Waals surface area contributed by atoms with Crippen LogP contribution in [0.5, 0.6) is 0 Å². The Hall–Kier alpha value is -2.08. The molecule has 0 aromatic carbocycles. The quantitative estimate of drug-likeness (QED) is 0.886. The Balaban J connectivity index is 1.96. The van der Waals surface area contributed by atoms with Gasteiger partial charge in [0.25, 0.3) is 5.91 Å². The van der Waals surface area contributed by atoms with E-state index in [1.54, 1.807) is 12.3 Å². The Morgan fingerprint density at radius 1 is 1.48 bits per heavy atom. The summed E-state index contributed by atoms with van der Waals surface area (Å²) in [5.41, 5.74) is 8.64. The van der Waals surface area contributed by atoms with Gasteiger partial charge >= 0.3 is 0 Å². The number of carbonyl (C=O) groups is 1. The predicted octanol–water partition coefficient (Wildman–Crippen LogP) is 3.34. The molecule has 3 rings (SSSR count). The average Bonchev–Trinajstić information content (AvgIpc) is 3.12. The molecule has 0 radical (unpaired) electrons. The Kier molecular flexibility index (Phi) is 4.99. The highest BCUT2D eigenvalue weighted by molar-refractivity contribution is 6.30. The van der Waals surface area contributed by atoms with Crippen LogP contribution in [0.3, 0.4) is 0 Å². The summed E-state index contributed by atoms with van der Waals surface area (Å²) in [7, 11) is 0. The molecule has 1 unspecified atom stereocenters. The second kappa shape index (κ2) is 7.04. The molecule has 0 saturated carbocycles. The van der Waals surface area contributed by atoms with Crippen LogP contribution >= 0.6 is 11.6 Å². The molecule has 0 spiro atoms. The Labute approximate surface area is 153 Å². The third-order valence-corrected chi connectivity index (χ3v) is 4.96. The number of pyridine rings is 1. The molecule has 1 atom stereocenters. The molecule has 0 bridgehead atoms. The minimum Gasteiger partial charge on any atom is -0.364 e. The van der Waals surface area contributed by atoms with Gasteiger partial charge in [-0.1, -0.05) is 25.4 Å². The molecule has 1 amide bonds. The third-order valence-electron chi connectivity index (χ3n) is 4.56. The van der Waals surface area contributed by atoms with Gasteiger partial charge in [0, 0.05) is 30.5 Å². The van der Waals surface area contributed by atoms with E-state index in [1.165, 1.54) is 0 Å². The van der Waals surface area contributed by atoms with Crippen molar-refractivity contribution in [2.24, 2.45) is 11.7 Å². The highest BCUT2D eigenvalue weighted by atomic mass is 35.5. The molecule has 2 N–H and O–H groups in total. The number of amides is 1. The number of halogens is 1. The Morgan fingerprint density at radius 2 is 2.24 bits per heavy atom. The summed E-state index contributed by atoms with van der Waals surface area (Å²) in [5, 5.41) is 5.36. The lowest BCUT2D eigenvalue weighted by atomic mass is 10.1. The van der Waals surface area contributed by atoms with Crippen LogP contribution in [0.4, 0.5) is 5.69 Å². The van der Waals surface area contributed by atoms with Gasteiger partial charge in [-0.25, -0.2) is 0 Å². The number of nitrogens with two attached hydrogens (primary N) is 1. The fourth-order valence-electron chi connectivity index (χ4n) is 3.52. The molecule has 1 saturated heterocycles. The van der Waals surface area contributed by atoms with E-state index in [4.69, 9.17) is 17.3 Å². The van der Waals surface area contributed by atoms with E-state index in [0.717, 1.165) is 42.9 Å². The zero-order valence-corrected chi connectivity index (χ0v) is 15.6. The first-order chi connectivity index (χ1) is 11.9. The van der Waals surface area contributed by atoms with Gasteiger partial charge < -0.3 is 10.6 Å². The monoisotopic (exact) mass is 361 g/mol. The van der Waals surface area contributed by atoms with Gasteiger partial charge in [0.1, 0.15) is 10.8 Å². The lowest BCUT2D eigenvalue weighted by molar-refractivity contribution is 0.0995. The largest absolute Gasteiger partial charge is 0.364 e. The first-order valence-corrected chi connectivity index (χ1v) is 9.01. The minimum absolute atomic E-state index is 0.150. The van der Waals surface area contributed by atoms with Gasteiger partial charge in [-0.3, -0.25) is 14.5 Å². The van der Waals surface area contributed by atoms with Crippen molar-refractivity contribution >= 4 is 23.2 Å². The van der Waals surface area contributed by atoms with Gasteiger partial charge in [0.15, 0.2) is 0 Å². The number of primary amides is 1. The van der Waals surface area contributed by atoms with E-state index in [9.17, 15) is 4.79 Å². The maximum Gasteiger partial charge on any atom is 0.267 e. The molecule has 1 fully saturated rings. The third kappa shape index (κ3) is 3.49. The van der Waals surface area contributed by atoms with Crippen LogP contribution < -0.4 is 10.6 Å². The summed E-state index contributed by atoms with van der Waals surface area (Å²) >= 11 is 6.68. The van der Waals surface area contributed by atoms with Crippen LogP contribution in [0.15, 0.2) is 18.3 Å². The van der Waals surface area contributed by atoms with Crippen molar-refractivity contribution in [2.75, 3.05) is 11.4 Å². The van der Waals surface area contributed by atoms with Crippen LogP contribution in [0.1, 0.15) is 54.5 Å². The van der Waals surface area contributed by atoms with Crippen LogP contribution in [0.25, 0.3) is 0 Å². The summed E-state index contributed by atoms with van der Waals surface area (Å²) < 4.78 is 1.90. The summed E-state index contributed by atoms with van der Waals surface area (Å²) in [4.78, 5) is 17.7. The lowest BCUT2D eigenvalue weighted by Crippen LogP contribution is -2.24. The van der Waals surface area contributed by atoms with E-state index in [0.29, 0.717) is 11.1 Å². The topological polar surface area (TPSA) is 77.0 Å². The number of hydrogen-bond acceptors (Lipinski definition) is 4. The normalized spacial score (nSPS) is 17.5. The highest BCUT2D eigenvalue weighted by Crippen LogP contribution is 2.40. The summed E-state index contributed by atoms with van der Waals surface area (Å²) in [6.45, 7) is 8.01. The summed E-state index contributed by atoms with van der Waals surface area (Å²) in [6, 6.07) is 3.81. The molecule has 134 valence electrons. The van der Waals surface area contributed by atoms with Gasteiger partial charge in [-0.2, -0.15) is 5.10 Å². The van der Waals surface area contributed by atoms with Crippen LogP contribution in [-0.4, -0.2) is 27.2 Å². The van der Waals surface area contributed by atoms with E-state index < -0.39 is 5.91 Å². The fraction of sp³-hybridized carbons (Fsp3) is 0.500. The minimum atomic E-state index is -0.517. The first kappa shape index (κ1) is 17.7. The average molecular weight is 362 g/mol. The SMILES string of the molecule is Cc1nn(CC(C)C)c(Cl)c1C1CCCN1c1ccnc(C(N)=O)c1. The number of anilines is 1. The number of aromatic nitrogens is 3. The number of carbonyl (C=O) groups excluding carboxylic acids is 1. The Morgan fingerprint density at radius 3 is 2.92 bits per heavy atom. The maximum atomic E-state index is 11.4. The number of aryl methyl sites for hydroxylation is 1. The molecule has 0 aliphatic carbocycles. The van der Waals surface area contributed by atoms with Crippen molar-refractivity contribution in [2.45, 2.75) is 46.2 Å². The van der Waals surface area contributed by atoms with Crippen molar-refractivity contribution in [1.29, 1.82) is 0 Å². The van der Waals surface area contributed by atoms with Crippen molar-refractivity contribution in [3.63, 3.8) is 0 Å². The van der Waals surface area contributed by atoms with Gasteiger partial charge in [-0.05, 0) is 37.8 Å². The van der Waals surface area contributed by atoms with Crippen LogP contribution in [-0.2, 0) is 6.54 Å². The van der Waals surface area contributed by atoms with Crippen molar-refractivity contribution in [3.05, 3.63) is 40.4 Å². The van der Waals surface area contributed by atoms with Gasteiger partial charge in [-0.15, -0.1) is 0 Å². The molecule has 1 aliphatic heterocycles.